The van der Waals surface area contributed by atoms with Crippen LogP contribution in [0.25, 0.3) is 16.0 Å². The molecule has 9 nitrogen and oxygen atoms in total. The van der Waals surface area contributed by atoms with E-state index in [-0.39, 0.29) is 12.5 Å². The second-order valence-corrected chi connectivity index (χ2v) is 9.02. The van der Waals surface area contributed by atoms with E-state index >= 15 is 0 Å². The molecule has 0 unspecified atom stereocenters. The molecule has 1 saturated heterocycles. The minimum Gasteiger partial charge on any atom is -0.348 e. The van der Waals surface area contributed by atoms with Gasteiger partial charge in [0, 0.05) is 18.8 Å². The molecule has 1 aromatic carbocycles. The van der Waals surface area contributed by atoms with E-state index in [1.807, 2.05) is 32.9 Å². The molecule has 0 atom stereocenters. The molecule has 10 heteroatoms. The van der Waals surface area contributed by atoms with Crippen LogP contribution in [0.3, 0.4) is 0 Å². The first-order valence-corrected chi connectivity index (χ1v) is 11.1. The van der Waals surface area contributed by atoms with E-state index in [4.69, 9.17) is 0 Å². The molecule has 0 saturated carbocycles. The van der Waals surface area contributed by atoms with Crippen LogP contribution in [0.4, 0.5) is 10.8 Å². The molecule has 31 heavy (non-hydrogen) atoms. The SMILES string of the molecule is Cc1cc(C)c(NC(=O)Cn2nc3c4sc(N5CCCC5)nc4ncn3c2=O)c(C)c1. The van der Waals surface area contributed by atoms with Crippen molar-refractivity contribution in [1.82, 2.24) is 24.1 Å². The molecule has 5 rings (SSSR count). The Kier molecular flexibility index (Phi) is 4.73. The summed E-state index contributed by atoms with van der Waals surface area (Å²) >= 11 is 1.49. The first-order chi connectivity index (χ1) is 14.9. The van der Waals surface area contributed by atoms with Gasteiger partial charge in [0.25, 0.3) is 0 Å². The highest BCUT2D eigenvalue weighted by molar-refractivity contribution is 7.22. The fourth-order valence-electron chi connectivity index (χ4n) is 4.16. The molecule has 4 aromatic rings. The van der Waals surface area contributed by atoms with Gasteiger partial charge in [-0.25, -0.2) is 18.9 Å². The highest BCUT2D eigenvalue weighted by Crippen LogP contribution is 2.31. The smallest absolute Gasteiger partial charge is 0.348 e. The Balaban J connectivity index is 1.46. The maximum Gasteiger partial charge on any atom is 0.352 e. The van der Waals surface area contributed by atoms with Crippen molar-refractivity contribution in [2.45, 2.75) is 40.2 Å². The largest absolute Gasteiger partial charge is 0.352 e. The topological polar surface area (TPSA) is 97.4 Å². The number of carbonyl (C=O) groups excluding carboxylic acids is 1. The summed E-state index contributed by atoms with van der Waals surface area (Å²) in [4.78, 5) is 36.7. The lowest BCUT2D eigenvalue weighted by atomic mass is 10.1. The monoisotopic (exact) mass is 437 g/mol. The van der Waals surface area contributed by atoms with Crippen LogP contribution in [-0.2, 0) is 11.3 Å². The molecule has 4 heterocycles. The van der Waals surface area contributed by atoms with Crippen molar-refractivity contribution >= 4 is 44.1 Å². The van der Waals surface area contributed by atoms with Crippen molar-refractivity contribution in [2.75, 3.05) is 23.3 Å². The van der Waals surface area contributed by atoms with Crippen LogP contribution < -0.4 is 15.9 Å². The third-order valence-corrected chi connectivity index (χ3v) is 6.68. The van der Waals surface area contributed by atoms with Gasteiger partial charge < -0.3 is 10.2 Å². The van der Waals surface area contributed by atoms with Crippen molar-refractivity contribution in [2.24, 2.45) is 0 Å². The van der Waals surface area contributed by atoms with Gasteiger partial charge in [-0.3, -0.25) is 4.79 Å². The number of aryl methyl sites for hydroxylation is 3. The van der Waals surface area contributed by atoms with Gasteiger partial charge in [-0.2, -0.15) is 4.98 Å². The van der Waals surface area contributed by atoms with E-state index in [9.17, 15) is 9.59 Å². The Labute approximate surface area is 182 Å². The van der Waals surface area contributed by atoms with Crippen molar-refractivity contribution in [1.29, 1.82) is 0 Å². The Bertz CT molecular complexity index is 1350. The van der Waals surface area contributed by atoms with Crippen molar-refractivity contribution < 1.29 is 4.79 Å². The van der Waals surface area contributed by atoms with Gasteiger partial charge in [-0.15, -0.1) is 5.10 Å². The van der Waals surface area contributed by atoms with Gasteiger partial charge in [-0.05, 0) is 44.7 Å². The molecule has 0 aliphatic carbocycles. The van der Waals surface area contributed by atoms with Gasteiger partial charge in [0.2, 0.25) is 5.91 Å². The lowest BCUT2D eigenvalue weighted by Crippen LogP contribution is -2.28. The Morgan fingerprint density at radius 1 is 1.16 bits per heavy atom. The van der Waals surface area contributed by atoms with Crippen LogP contribution in [0.2, 0.25) is 0 Å². The molecule has 1 fully saturated rings. The van der Waals surface area contributed by atoms with Gasteiger partial charge >= 0.3 is 5.69 Å². The number of nitrogens with one attached hydrogen (secondary N) is 1. The molecule has 3 aromatic heterocycles. The first-order valence-electron chi connectivity index (χ1n) is 10.3. The Hall–Kier alpha value is -3.27. The summed E-state index contributed by atoms with van der Waals surface area (Å²) in [6.07, 6.45) is 3.74. The van der Waals surface area contributed by atoms with Crippen molar-refractivity contribution in [3.05, 3.63) is 45.6 Å². The number of fused-ring (bicyclic) bond motifs is 3. The Morgan fingerprint density at radius 2 is 1.87 bits per heavy atom. The lowest BCUT2D eigenvalue weighted by Gasteiger charge is -2.12. The number of benzene rings is 1. The minimum absolute atomic E-state index is 0.174. The van der Waals surface area contributed by atoms with Crippen LogP contribution in [-0.4, -0.2) is 43.1 Å². The number of aromatic nitrogens is 5. The van der Waals surface area contributed by atoms with Gasteiger partial charge in [0.15, 0.2) is 16.4 Å². The number of anilines is 2. The van der Waals surface area contributed by atoms with Crippen LogP contribution in [0.5, 0.6) is 0 Å². The summed E-state index contributed by atoms with van der Waals surface area (Å²) in [6.45, 7) is 7.72. The number of carbonyl (C=O) groups is 1. The highest BCUT2D eigenvalue weighted by Gasteiger charge is 2.21. The Morgan fingerprint density at radius 3 is 2.58 bits per heavy atom. The van der Waals surface area contributed by atoms with Crippen LogP contribution >= 0.6 is 11.3 Å². The third-order valence-electron chi connectivity index (χ3n) is 5.58. The molecular weight excluding hydrogens is 414 g/mol. The summed E-state index contributed by atoms with van der Waals surface area (Å²) in [7, 11) is 0. The van der Waals surface area contributed by atoms with E-state index in [2.05, 4.69) is 25.3 Å². The van der Waals surface area contributed by atoms with Crippen molar-refractivity contribution in [3.8, 4) is 0 Å². The van der Waals surface area contributed by atoms with Gasteiger partial charge in [0.05, 0.1) is 0 Å². The zero-order chi connectivity index (χ0) is 21.7. The maximum atomic E-state index is 12.8. The number of thiazole rings is 1. The minimum atomic E-state index is -0.395. The number of rotatable bonds is 4. The van der Waals surface area contributed by atoms with Crippen LogP contribution in [0.15, 0.2) is 23.3 Å². The first kappa shape index (κ1) is 19.7. The number of amides is 1. The summed E-state index contributed by atoms with van der Waals surface area (Å²) in [5, 5.41) is 8.26. The standard InChI is InChI=1S/C21H23N7O2S/c1-12-8-13(2)16(14(3)9-12)23-15(29)10-28-21(30)27-11-22-18-17(19(27)25-28)31-20(24-18)26-6-4-5-7-26/h8-9,11H,4-7,10H2,1-3H3,(H,23,29). The second kappa shape index (κ2) is 7.45. The second-order valence-electron chi connectivity index (χ2n) is 8.04. The highest BCUT2D eigenvalue weighted by atomic mass is 32.1. The molecule has 1 N–H and O–H groups in total. The van der Waals surface area contributed by atoms with Gasteiger partial charge in [-0.1, -0.05) is 29.0 Å². The van der Waals surface area contributed by atoms with E-state index in [0.29, 0.717) is 11.3 Å². The predicted molar refractivity (Wildman–Crippen MR) is 121 cm³/mol. The van der Waals surface area contributed by atoms with Crippen LogP contribution in [0.1, 0.15) is 29.5 Å². The normalized spacial score (nSPS) is 14.1. The van der Waals surface area contributed by atoms with Crippen LogP contribution in [0, 0.1) is 20.8 Å². The summed E-state index contributed by atoms with van der Waals surface area (Å²) in [5.74, 6) is -0.299. The van der Waals surface area contributed by atoms with Gasteiger partial charge in [0.1, 0.15) is 17.6 Å². The van der Waals surface area contributed by atoms with E-state index in [1.54, 1.807) is 0 Å². The molecule has 0 radical (unpaired) electrons. The average molecular weight is 438 g/mol. The zero-order valence-electron chi connectivity index (χ0n) is 17.7. The van der Waals surface area contributed by atoms with E-state index in [1.165, 1.54) is 26.7 Å². The molecule has 0 spiro atoms. The van der Waals surface area contributed by atoms with E-state index < -0.39 is 5.69 Å². The third kappa shape index (κ3) is 3.46. The fourth-order valence-corrected chi connectivity index (χ4v) is 5.21. The number of hydrogen-bond acceptors (Lipinski definition) is 7. The maximum absolute atomic E-state index is 12.8. The average Bonchev–Trinajstić information content (AvgIpc) is 3.44. The molecular formula is C21H23N7O2S. The summed E-state index contributed by atoms with van der Waals surface area (Å²) < 4.78 is 3.31. The fraction of sp³-hybridized carbons (Fsp3) is 0.381. The summed E-state index contributed by atoms with van der Waals surface area (Å²) in [6, 6.07) is 4.04. The molecule has 0 bridgehead atoms. The molecule has 1 aliphatic heterocycles. The summed E-state index contributed by atoms with van der Waals surface area (Å²) in [5.41, 5.74) is 4.54. The number of hydrogen-bond donors (Lipinski definition) is 1. The quantitative estimate of drug-likeness (QED) is 0.527. The molecule has 1 amide bonds. The molecule has 160 valence electrons. The molecule has 1 aliphatic rings. The number of nitrogens with zero attached hydrogens (tertiary/aromatic N) is 6. The lowest BCUT2D eigenvalue weighted by molar-refractivity contribution is -0.117. The van der Waals surface area contributed by atoms with Crippen molar-refractivity contribution in [3.63, 3.8) is 0 Å². The van der Waals surface area contributed by atoms with E-state index in [0.717, 1.165) is 58.1 Å². The predicted octanol–water partition coefficient (Wildman–Crippen LogP) is 2.66. The zero-order valence-corrected chi connectivity index (χ0v) is 18.5.